The first kappa shape index (κ1) is 12.5. The van der Waals surface area contributed by atoms with Crippen molar-refractivity contribution in [3.63, 3.8) is 0 Å². The van der Waals surface area contributed by atoms with Crippen LogP contribution in [0.2, 0.25) is 0 Å². The van der Waals surface area contributed by atoms with Gasteiger partial charge < -0.3 is 10.3 Å². The molecule has 2 aromatic rings. The van der Waals surface area contributed by atoms with E-state index in [1.165, 1.54) is 37.8 Å². The summed E-state index contributed by atoms with van der Waals surface area (Å²) in [4.78, 5) is 4.34. The van der Waals surface area contributed by atoms with E-state index in [1.807, 2.05) is 4.57 Å². The van der Waals surface area contributed by atoms with Gasteiger partial charge in [-0.25, -0.2) is 9.37 Å². The number of fused-ring (bicyclic) bond motifs is 1. The van der Waals surface area contributed by atoms with Crippen molar-refractivity contribution in [3.8, 4) is 0 Å². The Morgan fingerprint density at radius 3 is 2.79 bits per heavy atom. The molecule has 1 fully saturated rings. The molecule has 0 atom stereocenters. The van der Waals surface area contributed by atoms with Crippen molar-refractivity contribution in [1.29, 1.82) is 0 Å². The number of benzene rings is 1. The minimum Gasteiger partial charge on any atom is -0.369 e. The molecule has 2 N–H and O–H groups in total. The molecule has 0 bridgehead atoms. The first-order valence-electron chi connectivity index (χ1n) is 7.05. The number of nitrogen functional groups attached to an aromatic ring is 1. The summed E-state index contributed by atoms with van der Waals surface area (Å²) in [6.45, 7) is 3.09. The molecule has 1 aliphatic carbocycles. The van der Waals surface area contributed by atoms with Crippen LogP contribution in [0.3, 0.4) is 0 Å². The number of hydrogen-bond acceptors (Lipinski definition) is 2. The van der Waals surface area contributed by atoms with Crippen LogP contribution in [0.15, 0.2) is 18.2 Å². The topological polar surface area (TPSA) is 43.8 Å². The summed E-state index contributed by atoms with van der Waals surface area (Å²) in [5.74, 6) is 0.269. The zero-order valence-corrected chi connectivity index (χ0v) is 11.3. The van der Waals surface area contributed by atoms with Gasteiger partial charge in [0.25, 0.3) is 0 Å². The second-order valence-corrected chi connectivity index (χ2v) is 5.75. The van der Waals surface area contributed by atoms with Crippen molar-refractivity contribution in [2.45, 2.75) is 45.6 Å². The second kappa shape index (κ2) is 4.51. The summed E-state index contributed by atoms with van der Waals surface area (Å²) in [5, 5.41) is 0. The summed E-state index contributed by atoms with van der Waals surface area (Å²) in [6.07, 6.45) is 6.18. The third-order valence-electron chi connectivity index (χ3n) is 4.65. The van der Waals surface area contributed by atoms with Crippen LogP contribution in [0.1, 0.15) is 39.0 Å². The highest BCUT2D eigenvalue weighted by Gasteiger charge is 2.33. The highest BCUT2D eigenvalue weighted by molar-refractivity contribution is 5.78. The van der Waals surface area contributed by atoms with Gasteiger partial charge in [0, 0.05) is 6.54 Å². The minimum absolute atomic E-state index is 0.231. The Morgan fingerprint density at radius 1 is 1.37 bits per heavy atom. The van der Waals surface area contributed by atoms with Crippen LogP contribution in [0.25, 0.3) is 11.0 Å². The van der Waals surface area contributed by atoms with E-state index >= 15 is 0 Å². The lowest BCUT2D eigenvalue weighted by atomic mass is 9.83. The molecular weight excluding hydrogens is 241 g/mol. The summed E-state index contributed by atoms with van der Waals surface area (Å²) < 4.78 is 15.4. The molecule has 0 amide bonds. The molecule has 0 unspecified atom stereocenters. The molecule has 19 heavy (non-hydrogen) atoms. The van der Waals surface area contributed by atoms with Crippen molar-refractivity contribution in [2.24, 2.45) is 5.41 Å². The Bertz CT molecular complexity index is 597. The van der Waals surface area contributed by atoms with E-state index in [0.29, 0.717) is 11.4 Å². The van der Waals surface area contributed by atoms with E-state index in [1.54, 1.807) is 6.07 Å². The lowest BCUT2D eigenvalue weighted by Gasteiger charge is -2.28. The largest absolute Gasteiger partial charge is 0.369 e. The van der Waals surface area contributed by atoms with Crippen LogP contribution in [0, 0.1) is 11.2 Å². The van der Waals surface area contributed by atoms with Crippen LogP contribution in [-0.2, 0) is 6.54 Å². The minimum atomic E-state index is -0.231. The zero-order valence-electron chi connectivity index (χ0n) is 11.3. The Kier molecular flexibility index (Phi) is 2.96. The molecule has 0 spiro atoms. The van der Waals surface area contributed by atoms with Gasteiger partial charge >= 0.3 is 0 Å². The third kappa shape index (κ3) is 2.09. The van der Waals surface area contributed by atoms with Crippen LogP contribution in [0.5, 0.6) is 0 Å². The molecule has 102 valence electrons. The first-order valence-corrected chi connectivity index (χ1v) is 7.05. The fourth-order valence-electron chi connectivity index (χ4n) is 3.36. The number of halogens is 1. The molecule has 0 radical (unpaired) electrons. The van der Waals surface area contributed by atoms with Crippen LogP contribution < -0.4 is 5.73 Å². The number of nitrogens with zero attached hydrogens (tertiary/aromatic N) is 2. The van der Waals surface area contributed by atoms with E-state index < -0.39 is 0 Å². The van der Waals surface area contributed by atoms with Gasteiger partial charge in [-0.1, -0.05) is 19.8 Å². The fraction of sp³-hybridized carbons (Fsp3) is 0.533. The van der Waals surface area contributed by atoms with Gasteiger partial charge in [0.1, 0.15) is 5.82 Å². The number of aromatic nitrogens is 2. The van der Waals surface area contributed by atoms with Crippen LogP contribution in [-0.4, -0.2) is 9.55 Å². The summed E-state index contributed by atoms with van der Waals surface area (Å²) in [5.41, 5.74) is 7.94. The fourth-order valence-corrected chi connectivity index (χ4v) is 3.36. The predicted octanol–water partition coefficient (Wildman–Crippen LogP) is 3.73. The Balaban J connectivity index is 2.04. The van der Waals surface area contributed by atoms with Crippen LogP contribution in [0.4, 0.5) is 10.3 Å². The number of anilines is 1. The highest BCUT2D eigenvalue weighted by atomic mass is 19.1. The molecule has 0 aliphatic heterocycles. The molecule has 1 aromatic heterocycles. The molecule has 3 rings (SSSR count). The van der Waals surface area contributed by atoms with E-state index in [9.17, 15) is 4.39 Å². The van der Waals surface area contributed by atoms with Crippen LogP contribution >= 0.6 is 0 Å². The maximum absolute atomic E-state index is 13.4. The van der Waals surface area contributed by atoms with Crippen molar-refractivity contribution in [2.75, 3.05) is 5.73 Å². The highest BCUT2D eigenvalue weighted by Crippen LogP contribution is 2.43. The quantitative estimate of drug-likeness (QED) is 0.915. The van der Waals surface area contributed by atoms with Gasteiger partial charge in [-0.05, 0) is 42.9 Å². The van der Waals surface area contributed by atoms with Crippen molar-refractivity contribution in [1.82, 2.24) is 9.55 Å². The Morgan fingerprint density at radius 2 is 2.11 bits per heavy atom. The SMILES string of the molecule is CCC1(Cn2c(N)nc3ccc(F)cc32)CCCC1. The van der Waals surface area contributed by atoms with Gasteiger partial charge in [0.15, 0.2) is 0 Å². The predicted molar refractivity (Wildman–Crippen MR) is 75.3 cm³/mol. The molecule has 1 heterocycles. The molecule has 1 saturated carbocycles. The van der Waals surface area contributed by atoms with E-state index in [-0.39, 0.29) is 5.82 Å². The zero-order chi connectivity index (χ0) is 13.5. The Hall–Kier alpha value is -1.58. The summed E-state index contributed by atoms with van der Waals surface area (Å²) in [6, 6.07) is 4.67. The third-order valence-corrected chi connectivity index (χ3v) is 4.65. The lowest BCUT2D eigenvalue weighted by Crippen LogP contribution is -2.23. The molecule has 1 aromatic carbocycles. The molecule has 1 aliphatic rings. The van der Waals surface area contributed by atoms with Crippen molar-refractivity contribution in [3.05, 3.63) is 24.0 Å². The van der Waals surface area contributed by atoms with Gasteiger partial charge in [-0.3, -0.25) is 0 Å². The van der Waals surface area contributed by atoms with Gasteiger partial charge in [0.2, 0.25) is 5.95 Å². The second-order valence-electron chi connectivity index (χ2n) is 5.75. The van der Waals surface area contributed by atoms with E-state index in [2.05, 4.69) is 11.9 Å². The molecule has 0 saturated heterocycles. The average molecular weight is 261 g/mol. The van der Waals surface area contributed by atoms with E-state index in [4.69, 9.17) is 5.73 Å². The van der Waals surface area contributed by atoms with Crippen molar-refractivity contribution >= 4 is 17.0 Å². The smallest absolute Gasteiger partial charge is 0.201 e. The Labute approximate surface area is 112 Å². The maximum Gasteiger partial charge on any atom is 0.201 e. The molecule has 3 nitrogen and oxygen atoms in total. The van der Waals surface area contributed by atoms with Gasteiger partial charge in [0.05, 0.1) is 11.0 Å². The number of rotatable bonds is 3. The molecule has 4 heteroatoms. The standard InChI is InChI=1S/C15H20FN3/c1-2-15(7-3-4-8-15)10-19-13-9-11(16)5-6-12(13)18-14(19)17/h5-6,9H,2-4,7-8,10H2,1H3,(H2,17,18). The average Bonchev–Trinajstić information content (AvgIpc) is 2.98. The van der Waals surface area contributed by atoms with Gasteiger partial charge in [-0.15, -0.1) is 0 Å². The van der Waals surface area contributed by atoms with E-state index in [0.717, 1.165) is 24.0 Å². The molecular formula is C15H20FN3. The first-order chi connectivity index (χ1) is 9.13. The normalized spacial score (nSPS) is 18.2. The monoisotopic (exact) mass is 261 g/mol. The maximum atomic E-state index is 13.4. The summed E-state index contributed by atoms with van der Waals surface area (Å²) in [7, 11) is 0. The van der Waals surface area contributed by atoms with Crippen molar-refractivity contribution < 1.29 is 4.39 Å². The number of nitrogens with two attached hydrogens (primary N) is 1. The number of hydrogen-bond donors (Lipinski definition) is 1. The summed E-state index contributed by atoms with van der Waals surface area (Å²) >= 11 is 0. The number of imidazole rings is 1. The van der Waals surface area contributed by atoms with Gasteiger partial charge in [-0.2, -0.15) is 0 Å². The lowest BCUT2D eigenvalue weighted by molar-refractivity contribution is 0.242.